The maximum atomic E-state index is 11.8. The maximum Gasteiger partial charge on any atom is 0.355 e. The molecule has 0 radical (unpaired) electrons. The number of benzene rings is 1. The van der Waals surface area contributed by atoms with Crippen LogP contribution < -0.4 is 5.56 Å². The van der Waals surface area contributed by atoms with Crippen LogP contribution in [0.4, 0.5) is 0 Å². The summed E-state index contributed by atoms with van der Waals surface area (Å²) in [5.74, 6) is -0.579. The third kappa shape index (κ3) is 1.89. The number of rotatable bonds is 1. The van der Waals surface area contributed by atoms with Crippen LogP contribution in [0, 0.1) is 0 Å². The lowest BCUT2D eigenvalue weighted by Crippen LogP contribution is -2.15. The largest absolute Gasteiger partial charge is 0.464 e. The van der Waals surface area contributed by atoms with Crippen molar-refractivity contribution in [1.29, 1.82) is 0 Å². The molecule has 0 saturated carbocycles. The summed E-state index contributed by atoms with van der Waals surface area (Å²) in [5, 5.41) is 0.585. The molecule has 0 aliphatic heterocycles. The van der Waals surface area contributed by atoms with Gasteiger partial charge in [0.2, 0.25) is 0 Å². The molecule has 1 aromatic carbocycles. The topological polar surface area (TPSA) is 60.7 Å². The summed E-state index contributed by atoms with van der Waals surface area (Å²) >= 11 is 7.22. The predicted molar refractivity (Wildman–Crippen MR) is 73.2 cm³/mol. The molecule has 0 saturated heterocycles. The van der Waals surface area contributed by atoms with Crippen molar-refractivity contribution in [3.8, 4) is 0 Å². The molecule has 5 nitrogen and oxygen atoms in total. The number of hydrogen-bond acceptors (Lipinski definition) is 5. The fourth-order valence-electron chi connectivity index (χ4n) is 1.87. The van der Waals surface area contributed by atoms with Crippen LogP contribution >= 0.6 is 22.9 Å². The van der Waals surface area contributed by atoms with Gasteiger partial charge in [-0.3, -0.25) is 9.20 Å². The Morgan fingerprint density at radius 3 is 2.95 bits per heavy atom. The first-order chi connectivity index (χ1) is 9.10. The first-order valence-electron chi connectivity index (χ1n) is 5.30. The molecular weight excluding hydrogens is 288 g/mol. The third-order valence-corrected chi connectivity index (χ3v) is 3.90. The van der Waals surface area contributed by atoms with Crippen molar-refractivity contribution in [3.05, 3.63) is 45.3 Å². The van der Waals surface area contributed by atoms with E-state index in [0.29, 0.717) is 9.98 Å². The Kier molecular flexibility index (Phi) is 2.76. The molecular formula is C12H7ClN2O3S. The van der Waals surface area contributed by atoms with Crippen LogP contribution in [0.25, 0.3) is 15.2 Å². The first kappa shape index (κ1) is 12.1. The highest BCUT2D eigenvalue weighted by Gasteiger charge is 2.16. The molecule has 2 aromatic heterocycles. The number of ether oxygens (including phenoxy) is 1. The molecule has 3 aromatic rings. The molecule has 0 aliphatic carbocycles. The maximum absolute atomic E-state index is 11.8. The van der Waals surface area contributed by atoms with Crippen molar-refractivity contribution in [1.82, 2.24) is 9.38 Å². The van der Waals surface area contributed by atoms with E-state index in [4.69, 9.17) is 16.3 Å². The van der Waals surface area contributed by atoms with Crippen LogP contribution in [0.2, 0.25) is 5.02 Å². The number of hydrogen-bond donors (Lipinski definition) is 0. The molecule has 0 aliphatic rings. The molecule has 19 heavy (non-hydrogen) atoms. The van der Waals surface area contributed by atoms with Gasteiger partial charge in [0.25, 0.3) is 5.56 Å². The number of methoxy groups -OCH3 is 1. The van der Waals surface area contributed by atoms with Gasteiger partial charge in [-0.25, -0.2) is 4.79 Å². The fourth-order valence-corrected chi connectivity index (χ4v) is 3.18. The van der Waals surface area contributed by atoms with Gasteiger partial charge in [-0.1, -0.05) is 22.9 Å². The SMILES string of the molecule is COC(=O)c1cc(=O)nc2sc3cc(Cl)ccc3n12. The van der Waals surface area contributed by atoms with Crippen molar-refractivity contribution in [2.75, 3.05) is 7.11 Å². The van der Waals surface area contributed by atoms with Crippen LogP contribution in [0.3, 0.4) is 0 Å². The van der Waals surface area contributed by atoms with E-state index >= 15 is 0 Å². The second-order valence-corrected chi connectivity index (χ2v) is 5.25. The highest BCUT2D eigenvalue weighted by Crippen LogP contribution is 2.28. The number of carbonyl (C=O) groups is 1. The molecule has 0 unspecified atom stereocenters. The average Bonchev–Trinajstić information content (AvgIpc) is 2.73. The van der Waals surface area contributed by atoms with Gasteiger partial charge in [0.15, 0.2) is 4.96 Å². The second-order valence-electron chi connectivity index (χ2n) is 3.80. The highest BCUT2D eigenvalue weighted by molar-refractivity contribution is 7.23. The van der Waals surface area contributed by atoms with Crippen molar-refractivity contribution >= 4 is 44.1 Å². The van der Waals surface area contributed by atoms with Gasteiger partial charge < -0.3 is 4.74 Å². The smallest absolute Gasteiger partial charge is 0.355 e. The number of aromatic nitrogens is 2. The van der Waals surface area contributed by atoms with Gasteiger partial charge >= 0.3 is 5.97 Å². The number of thiazole rings is 1. The minimum absolute atomic E-state index is 0.158. The van der Waals surface area contributed by atoms with E-state index in [1.807, 2.05) is 0 Å². The first-order valence-corrected chi connectivity index (χ1v) is 6.50. The molecule has 0 atom stereocenters. The van der Waals surface area contributed by atoms with E-state index in [1.54, 1.807) is 22.6 Å². The van der Waals surface area contributed by atoms with Gasteiger partial charge in [-0.15, -0.1) is 0 Å². The lowest BCUT2D eigenvalue weighted by Gasteiger charge is -2.03. The van der Waals surface area contributed by atoms with E-state index in [2.05, 4.69) is 4.98 Å². The monoisotopic (exact) mass is 294 g/mol. The zero-order valence-electron chi connectivity index (χ0n) is 9.71. The Balaban J connectivity index is 2.51. The van der Waals surface area contributed by atoms with E-state index in [1.165, 1.54) is 24.5 Å². The normalized spacial score (nSPS) is 11.1. The van der Waals surface area contributed by atoms with Crippen molar-refractivity contribution in [2.24, 2.45) is 0 Å². The number of nitrogens with zero attached hydrogens (tertiary/aromatic N) is 2. The Morgan fingerprint density at radius 2 is 2.21 bits per heavy atom. The fraction of sp³-hybridized carbons (Fsp3) is 0.0833. The summed E-state index contributed by atoms with van der Waals surface area (Å²) in [7, 11) is 1.27. The summed E-state index contributed by atoms with van der Waals surface area (Å²) < 4.78 is 7.14. The Labute approximate surface area is 116 Å². The van der Waals surface area contributed by atoms with E-state index in [9.17, 15) is 9.59 Å². The molecule has 7 heteroatoms. The third-order valence-electron chi connectivity index (χ3n) is 2.66. The van der Waals surface area contributed by atoms with Gasteiger partial charge in [0.1, 0.15) is 5.69 Å². The summed E-state index contributed by atoms with van der Waals surface area (Å²) in [6.45, 7) is 0. The van der Waals surface area contributed by atoms with E-state index < -0.39 is 11.5 Å². The molecule has 0 N–H and O–H groups in total. The van der Waals surface area contributed by atoms with Gasteiger partial charge in [-0.2, -0.15) is 4.98 Å². The van der Waals surface area contributed by atoms with Gasteiger partial charge in [-0.05, 0) is 18.2 Å². The average molecular weight is 295 g/mol. The standard InChI is InChI=1S/C12H7ClN2O3S/c1-18-11(17)8-5-10(16)14-12-15(8)7-3-2-6(13)4-9(7)19-12/h2-5H,1H3. The Hall–Kier alpha value is -1.92. The minimum atomic E-state index is -0.579. The summed E-state index contributed by atoms with van der Waals surface area (Å²) in [4.78, 5) is 27.6. The molecule has 0 spiro atoms. The molecule has 0 bridgehead atoms. The number of carbonyl (C=O) groups excluding carboxylic acids is 1. The zero-order chi connectivity index (χ0) is 13.6. The molecule has 0 fully saturated rings. The second kappa shape index (κ2) is 4.32. The predicted octanol–water partition coefficient (Wildman–Crippen LogP) is 2.35. The minimum Gasteiger partial charge on any atom is -0.464 e. The molecule has 3 rings (SSSR count). The number of fused-ring (bicyclic) bond motifs is 3. The Morgan fingerprint density at radius 1 is 1.42 bits per heavy atom. The van der Waals surface area contributed by atoms with Crippen LogP contribution in [0.1, 0.15) is 10.5 Å². The van der Waals surface area contributed by atoms with E-state index in [0.717, 1.165) is 10.2 Å². The molecule has 0 amide bonds. The van der Waals surface area contributed by atoms with Crippen molar-refractivity contribution < 1.29 is 9.53 Å². The number of esters is 1. The molecule has 96 valence electrons. The zero-order valence-corrected chi connectivity index (χ0v) is 11.3. The van der Waals surface area contributed by atoms with Crippen LogP contribution in [-0.4, -0.2) is 22.5 Å². The molecule has 2 heterocycles. The summed E-state index contributed by atoms with van der Waals surface area (Å²) in [5.41, 5.74) is 0.446. The highest BCUT2D eigenvalue weighted by atomic mass is 35.5. The van der Waals surface area contributed by atoms with Gasteiger partial charge in [0, 0.05) is 11.1 Å². The quantitative estimate of drug-likeness (QED) is 0.646. The Bertz CT molecular complexity index is 868. The van der Waals surface area contributed by atoms with Crippen LogP contribution in [0.5, 0.6) is 0 Å². The van der Waals surface area contributed by atoms with E-state index in [-0.39, 0.29) is 5.69 Å². The lowest BCUT2D eigenvalue weighted by molar-refractivity contribution is 0.0592. The summed E-state index contributed by atoms with van der Waals surface area (Å²) in [6.07, 6.45) is 0. The van der Waals surface area contributed by atoms with Gasteiger partial charge in [0.05, 0.1) is 17.3 Å². The lowest BCUT2D eigenvalue weighted by atomic mass is 10.3. The van der Waals surface area contributed by atoms with Crippen molar-refractivity contribution in [2.45, 2.75) is 0 Å². The van der Waals surface area contributed by atoms with Crippen LogP contribution in [-0.2, 0) is 4.74 Å². The number of halogens is 1. The van der Waals surface area contributed by atoms with Crippen LogP contribution in [0.15, 0.2) is 29.1 Å². The summed E-state index contributed by atoms with van der Waals surface area (Å²) in [6, 6.07) is 6.43. The van der Waals surface area contributed by atoms with Crippen molar-refractivity contribution in [3.63, 3.8) is 0 Å².